The molecule has 0 saturated heterocycles. The summed E-state index contributed by atoms with van der Waals surface area (Å²) in [6, 6.07) is 0.977. The normalized spacial score (nSPS) is 26.7. The van der Waals surface area contributed by atoms with Crippen LogP contribution in [0.3, 0.4) is 0 Å². The molecule has 5 heteroatoms. The summed E-state index contributed by atoms with van der Waals surface area (Å²) >= 11 is 0. The lowest BCUT2D eigenvalue weighted by molar-refractivity contribution is 0.483. The zero-order valence-electron chi connectivity index (χ0n) is 8.36. The quantitative estimate of drug-likeness (QED) is 0.757. The fourth-order valence-corrected chi connectivity index (χ4v) is 1.91. The van der Waals surface area contributed by atoms with Crippen LogP contribution in [0.25, 0.3) is 0 Å². The summed E-state index contributed by atoms with van der Waals surface area (Å²) in [5.74, 6) is 1.17. The van der Waals surface area contributed by atoms with E-state index in [9.17, 15) is 0 Å². The molecule has 1 aliphatic rings. The van der Waals surface area contributed by atoms with E-state index >= 15 is 0 Å². The molecule has 0 amide bonds. The van der Waals surface area contributed by atoms with Crippen LogP contribution < -0.4 is 11.1 Å². The lowest BCUT2D eigenvalue weighted by Gasteiger charge is -2.14. The van der Waals surface area contributed by atoms with Gasteiger partial charge in [-0.2, -0.15) is 0 Å². The minimum atomic E-state index is 0.300. The smallest absolute Gasteiger partial charge is 0.315 e. The van der Waals surface area contributed by atoms with Crippen LogP contribution in [0.1, 0.15) is 32.1 Å². The lowest BCUT2D eigenvalue weighted by atomic mass is 10.1. The fourth-order valence-electron chi connectivity index (χ4n) is 1.91. The molecule has 5 nitrogen and oxygen atoms in total. The molecule has 2 rings (SSSR count). The van der Waals surface area contributed by atoms with Crippen molar-refractivity contribution in [1.29, 1.82) is 0 Å². The molecule has 1 aromatic rings. The monoisotopic (exact) mass is 196 g/mol. The van der Waals surface area contributed by atoms with Crippen LogP contribution in [-0.2, 0) is 6.54 Å². The fraction of sp³-hybridized carbons (Fsp3) is 0.778. The Balaban J connectivity index is 1.96. The number of anilines is 1. The van der Waals surface area contributed by atoms with Crippen molar-refractivity contribution in [2.24, 2.45) is 11.7 Å². The Labute approximate surface area is 83.1 Å². The number of nitrogens with two attached hydrogens (primary N) is 1. The SMILES string of the molecule is CC1CCCC1Nc1nnc(CN)o1. The molecule has 1 fully saturated rings. The van der Waals surface area contributed by atoms with E-state index in [-0.39, 0.29) is 0 Å². The minimum Gasteiger partial charge on any atom is -0.407 e. The number of hydrogen-bond donors (Lipinski definition) is 2. The number of nitrogens with one attached hydrogen (secondary N) is 1. The van der Waals surface area contributed by atoms with E-state index in [1.807, 2.05) is 0 Å². The van der Waals surface area contributed by atoms with Gasteiger partial charge in [-0.3, -0.25) is 0 Å². The van der Waals surface area contributed by atoms with Gasteiger partial charge in [0.2, 0.25) is 5.89 Å². The molecular formula is C9H16N4O. The molecule has 0 bridgehead atoms. The molecular weight excluding hydrogens is 180 g/mol. The highest BCUT2D eigenvalue weighted by molar-refractivity contribution is 5.20. The predicted molar refractivity (Wildman–Crippen MR) is 52.6 cm³/mol. The summed E-state index contributed by atoms with van der Waals surface area (Å²) < 4.78 is 5.28. The van der Waals surface area contributed by atoms with Gasteiger partial charge in [0.15, 0.2) is 0 Å². The van der Waals surface area contributed by atoms with Crippen molar-refractivity contribution in [1.82, 2.24) is 10.2 Å². The Morgan fingerprint density at radius 2 is 2.36 bits per heavy atom. The van der Waals surface area contributed by atoms with E-state index in [4.69, 9.17) is 10.2 Å². The second kappa shape index (κ2) is 3.96. The van der Waals surface area contributed by atoms with Gasteiger partial charge in [-0.05, 0) is 18.8 Å². The first-order valence-electron chi connectivity index (χ1n) is 5.08. The van der Waals surface area contributed by atoms with E-state index in [2.05, 4.69) is 22.4 Å². The molecule has 1 saturated carbocycles. The summed E-state index contributed by atoms with van der Waals surface area (Å²) in [4.78, 5) is 0. The maximum atomic E-state index is 5.37. The average Bonchev–Trinajstić information content (AvgIpc) is 2.77. The van der Waals surface area contributed by atoms with Gasteiger partial charge in [-0.1, -0.05) is 18.4 Å². The Kier molecular flexibility index (Phi) is 2.67. The molecule has 1 heterocycles. The van der Waals surface area contributed by atoms with Gasteiger partial charge in [-0.25, -0.2) is 0 Å². The summed E-state index contributed by atoms with van der Waals surface area (Å²) in [6.07, 6.45) is 3.73. The maximum absolute atomic E-state index is 5.37. The highest BCUT2D eigenvalue weighted by Gasteiger charge is 2.24. The molecule has 3 N–H and O–H groups in total. The lowest BCUT2D eigenvalue weighted by Crippen LogP contribution is -2.21. The van der Waals surface area contributed by atoms with Crippen molar-refractivity contribution in [2.75, 3.05) is 5.32 Å². The number of hydrogen-bond acceptors (Lipinski definition) is 5. The van der Waals surface area contributed by atoms with Crippen LogP contribution in [0.4, 0.5) is 6.01 Å². The van der Waals surface area contributed by atoms with Gasteiger partial charge in [-0.15, -0.1) is 5.10 Å². The Morgan fingerprint density at radius 1 is 1.50 bits per heavy atom. The van der Waals surface area contributed by atoms with E-state index in [1.165, 1.54) is 19.3 Å². The van der Waals surface area contributed by atoms with Crippen LogP contribution in [0.2, 0.25) is 0 Å². The van der Waals surface area contributed by atoms with Crippen molar-refractivity contribution < 1.29 is 4.42 Å². The molecule has 2 atom stereocenters. The zero-order chi connectivity index (χ0) is 9.97. The van der Waals surface area contributed by atoms with Crippen molar-refractivity contribution in [3.8, 4) is 0 Å². The van der Waals surface area contributed by atoms with Crippen molar-refractivity contribution in [3.05, 3.63) is 5.89 Å². The number of nitrogens with zero attached hydrogens (tertiary/aromatic N) is 2. The third-order valence-electron chi connectivity index (χ3n) is 2.81. The number of aromatic nitrogens is 2. The topological polar surface area (TPSA) is 77.0 Å². The molecule has 0 spiro atoms. The van der Waals surface area contributed by atoms with E-state index in [1.54, 1.807) is 0 Å². The van der Waals surface area contributed by atoms with E-state index in [0.29, 0.717) is 30.4 Å². The Hall–Kier alpha value is -1.10. The third-order valence-corrected chi connectivity index (χ3v) is 2.81. The summed E-state index contributed by atoms with van der Waals surface area (Å²) in [6.45, 7) is 2.54. The number of rotatable bonds is 3. The highest BCUT2D eigenvalue weighted by atomic mass is 16.4. The minimum absolute atomic E-state index is 0.300. The van der Waals surface area contributed by atoms with Crippen molar-refractivity contribution in [3.63, 3.8) is 0 Å². The van der Waals surface area contributed by atoms with Gasteiger partial charge in [0.25, 0.3) is 0 Å². The summed E-state index contributed by atoms with van der Waals surface area (Å²) in [5, 5.41) is 10.9. The second-order valence-electron chi connectivity index (χ2n) is 3.86. The van der Waals surface area contributed by atoms with E-state index < -0.39 is 0 Å². The molecule has 78 valence electrons. The molecule has 0 aliphatic heterocycles. The Morgan fingerprint density at radius 3 is 2.93 bits per heavy atom. The van der Waals surface area contributed by atoms with Crippen LogP contribution in [0.15, 0.2) is 4.42 Å². The molecule has 14 heavy (non-hydrogen) atoms. The maximum Gasteiger partial charge on any atom is 0.315 e. The first-order chi connectivity index (χ1) is 6.79. The third kappa shape index (κ3) is 1.87. The van der Waals surface area contributed by atoms with Gasteiger partial charge < -0.3 is 15.5 Å². The van der Waals surface area contributed by atoms with Gasteiger partial charge >= 0.3 is 6.01 Å². The highest BCUT2D eigenvalue weighted by Crippen LogP contribution is 2.27. The molecule has 0 radical (unpaired) electrons. The zero-order valence-corrected chi connectivity index (χ0v) is 8.36. The summed E-state index contributed by atoms with van der Waals surface area (Å²) in [7, 11) is 0. The first kappa shape index (κ1) is 9.45. The van der Waals surface area contributed by atoms with Crippen LogP contribution in [-0.4, -0.2) is 16.2 Å². The largest absolute Gasteiger partial charge is 0.407 e. The second-order valence-corrected chi connectivity index (χ2v) is 3.86. The van der Waals surface area contributed by atoms with Crippen LogP contribution in [0, 0.1) is 5.92 Å². The summed E-state index contributed by atoms with van der Waals surface area (Å²) in [5.41, 5.74) is 5.37. The molecule has 0 aromatic carbocycles. The van der Waals surface area contributed by atoms with E-state index in [0.717, 1.165) is 0 Å². The van der Waals surface area contributed by atoms with Crippen molar-refractivity contribution in [2.45, 2.75) is 38.8 Å². The molecule has 1 aromatic heterocycles. The van der Waals surface area contributed by atoms with Crippen LogP contribution >= 0.6 is 0 Å². The first-order valence-corrected chi connectivity index (χ1v) is 5.08. The average molecular weight is 196 g/mol. The van der Waals surface area contributed by atoms with Gasteiger partial charge in [0.05, 0.1) is 6.54 Å². The van der Waals surface area contributed by atoms with Crippen molar-refractivity contribution >= 4 is 6.01 Å². The van der Waals surface area contributed by atoms with Crippen LogP contribution in [0.5, 0.6) is 0 Å². The predicted octanol–water partition coefficient (Wildman–Crippen LogP) is 1.13. The van der Waals surface area contributed by atoms with Gasteiger partial charge in [0, 0.05) is 6.04 Å². The molecule has 1 aliphatic carbocycles. The molecule has 2 unspecified atom stereocenters. The van der Waals surface area contributed by atoms with Gasteiger partial charge in [0.1, 0.15) is 0 Å². The Bertz CT molecular complexity index is 299. The standard InChI is InChI=1S/C9H16N4O/c1-6-3-2-4-7(6)11-9-13-12-8(5-10)14-9/h6-7H,2-5,10H2,1H3,(H,11,13).